The van der Waals surface area contributed by atoms with Crippen LogP contribution in [0.5, 0.6) is 0 Å². The average molecular weight is 225 g/mol. The summed E-state index contributed by atoms with van der Waals surface area (Å²) in [6, 6.07) is 1.72. The van der Waals surface area contributed by atoms with Crippen molar-refractivity contribution in [3.8, 4) is 6.07 Å². The summed E-state index contributed by atoms with van der Waals surface area (Å²) in [6.45, 7) is 0.895. The molecule has 0 aromatic rings. The quantitative estimate of drug-likeness (QED) is 0.491. The summed E-state index contributed by atoms with van der Waals surface area (Å²) < 4.78 is 5.39. The first-order valence-corrected chi connectivity index (χ1v) is 5.28. The highest BCUT2D eigenvalue weighted by molar-refractivity contribution is 6.35. The molecule has 0 aliphatic carbocycles. The number of ether oxygens (including phenoxy) is 1. The van der Waals surface area contributed by atoms with Crippen LogP contribution in [0.25, 0.3) is 0 Å². The van der Waals surface area contributed by atoms with Crippen molar-refractivity contribution in [3.05, 3.63) is 0 Å². The second-order valence-electron chi connectivity index (χ2n) is 3.54. The Morgan fingerprint density at radius 3 is 2.69 bits per heavy atom. The molecule has 0 aromatic carbocycles. The standard InChI is InChI=1S/C10H15N3O3/c11-4-5-12-9(14)10(15)13-7-8-3-1-2-6-16-8/h8H,1-3,5-7H2,(H,12,14)(H,13,15). The van der Waals surface area contributed by atoms with Gasteiger partial charge in [0.15, 0.2) is 0 Å². The largest absolute Gasteiger partial charge is 0.376 e. The van der Waals surface area contributed by atoms with Crippen molar-refractivity contribution in [1.82, 2.24) is 10.6 Å². The summed E-state index contributed by atoms with van der Waals surface area (Å²) in [5.41, 5.74) is 0. The van der Waals surface area contributed by atoms with E-state index in [1.807, 2.05) is 0 Å². The average Bonchev–Trinajstić information content (AvgIpc) is 2.34. The molecule has 1 unspecified atom stereocenters. The van der Waals surface area contributed by atoms with E-state index in [0.29, 0.717) is 13.2 Å². The highest BCUT2D eigenvalue weighted by atomic mass is 16.5. The molecule has 1 saturated heterocycles. The van der Waals surface area contributed by atoms with Crippen LogP contribution in [0, 0.1) is 11.3 Å². The van der Waals surface area contributed by atoms with Crippen LogP contribution in [-0.2, 0) is 14.3 Å². The molecule has 2 amide bonds. The smallest absolute Gasteiger partial charge is 0.310 e. The first-order valence-electron chi connectivity index (χ1n) is 5.28. The first kappa shape index (κ1) is 12.5. The summed E-state index contributed by atoms with van der Waals surface area (Å²) in [7, 11) is 0. The minimum absolute atomic E-state index is 0.00136. The van der Waals surface area contributed by atoms with Gasteiger partial charge in [0.25, 0.3) is 0 Å². The normalized spacial score (nSPS) is 19.6. The third kappa shape index (κ3) is 4.28. The van der Waals surface area contributed by atoms with Crippen LogP contribution in [-0.4, -0.2) is 37.6 Å². The zero-order valence-corrected chi connectivity index (χ0v) is 8.99. The predicted octanol–water partition coefficient (Wildman–Crippen LogP) is -0.689. The molecule has 1 atom stereocenters. The van der Waals surface area contributed by atoms with E-state index in [9.17, 15) is 9.59 Å². The Kier molecular flexibility index (Phi) is 5.29. The number of carbonyl (C=O) groups is 2. The topological polar surface area (TPSA) is 91.2 Å². The predicted molar refractivity (Wildman–Crippen MR) is 55.2 cm³/mol. The lowest BCUT2D eigenvalue weighted by molar-refractivity contribution is -0.139. The Morgan fingerprint density at radius 2 is 2.06 bits per heavy atom. The molecule has 0 aromatic heterocycles. The van der Waals surface area contributed by atoms with E-state index in [4.69, 9.17) is 10.00 Å². The van der Waals surface area contributed by atoms with Gasteiger partial charge in [-0.1, -0.05) is 0 Å². The van der Waals surface area contributed by atoms with Gasteiger partial charge in [-0.25, -0.2) is 0 Å². The summed E-state index contributed by atoms with van der Waals surface area (Å²) in [5.74, 6) is -1.50. The number of carbonyl (C=O) groups excluding carboxylic acids is 2. The fourth-order valence-electron chi connectivity index (χ4n) is 1.46. The van der Waals surface area contributed by atoms with Gasteiger partial charge < -0.3 is 15.4 Å². The number of hydrogen-bond acceptors (Lipinski definition) is 4. The number of nitrogens with one attached hydrogen (secondary N) is 2. The van der Waals surface area contributed by atoms with Crippen LogP contribution in [0.1, 0.15) is 19.3 Å². The van der Waals surface area contributed by atoms with E-state index in [2.05, 4.69) is 10.6 Å². The summed E-state index contributed by atoms with van der Waals surface area (Å²) in [6.07, 6.45) is 3.04. The molecule has 1 fully saturated rings. The van der Waals surface area contributed by atoms with Crippen molar-refractivity contribution in [1.29, 1.82) is 5.26 Å². The van der Waals surface area contributed by atoms with Crippen LogP contribution in [0.15, 0.2) is 0 Å². The SMILES string of the molecule is N#CCNC(=O)C(=O)NCC1CCCCO1. The van der Waals surface area contributed by atoms with Crippen molar-refractivity contribution in [2.75, 3.05) is 19.7 Å². The van der Waals surface area contributed by atoms with Crippen LogP contribution >= 0.6 is 0 Å². The number of nitrogens with zero attached hydrogens (tertiary/aromatic N) is 1. The van der Waals surface area contributed by atoms with Gasteiger partial charge in [0.05, 0.1) is 12.2 Å². The second kappa shape index (κ2) is 6.80. The number of nitriles is 1. The Hall–Kier alpha value is -1.61. The third-order valence-corrected chi connectivity index (χ3v) is 2.30. The monoisotopic (exact) mass is 225 g/mol. The number of rotatable bonds is 3. The lowest BCUT2D eigenvalue weighted by atomic mass is 10.1. The molecule has 16 heavy (non-hydrogen) atoms. The number of hydrogen-bond donors (Lipinski definition) is 2. The summed E-state index contributed by atoms with van der Waals surface area (Å²) >= 11 is 0. The molecule has 6 nitrogen and oxygen atoms in total. The Morgan fingerprint density at radius 1 is 1.31 bits per heavy atom. The van der Waals surface area contributed by atoms with Crippen molar-refractivity contribution < 1.29 is 14.3 Å². The summed E-state index contributed by atoms with van der Waals surface area (Å²) in [4.78, 5) is 22.3. The molecule has 1 rings (SSSR count). The second-order valence-corrected chi connectivity index (χ2v) is 3.54. The van der Waals surface area contributed by atoms with Crippen LogP contribution < -0.4 is 10.6 Å². The zero-order valence-electron chi connectivity index (χ0n) is 8.99. The molecule has 0 saturated carbocycles. The summed E-state index contributed by atoms with van der Waals surface area (Å²) in [5, 5.41) is 12.9. The van der Waals surface area contributed by atoms with Gasteiger partial charge in [-0.15, -0.1) is 0 Å². The maximum absolute atomic E-state index is 11.2. The fourth-order valence-corrected chi connectivity index (χ4v) is 1.46. The molecule has 0 radical (unpaired) electrons. The number of amides is 2. The minimum Gasteiger partial charge on any atom is -0.376 e. The molecule has 1 heterocycles. The van der Waals surface area contributed by atoms with Gasteiger partial charge >= 0.3 is 11.8 Å². The first-order chi connectivity index (χ1) is 7.74. The van der Waals surface area contributed by atoms with Crippen molar-refractivity contribution in [2.24, 2.45) is 0 Å². The van der Waals surface area contributed by atoms with Crippen LogP contribution in [0.4, 0.5) is 0 Å². The molecule has 0 bridgehead atoms. The van der Waals surface area contributed by atoms with Crippen LogP contribution in [0.3, 0.4) is 0 Å². The van der Waals surface area contributed by atoms with Crippen molar-refractivity contribution in [2.45, 2.75) is 25.4 Å². The molecule has 0 spiro atoms. The van der Waals surface area contributed by atoms with Gasteiger partial charge in [-0.3, -0.25) is 9.59 Å². The van der Waals surface area contributed by atoms with Crippen LogP contribution in [0.2, 0.25) is 0 Å². The van der Waals surface area contributed by atoms with E-state index < -0.39 is 11.8 Å². The van der Waals surface area contributed by atoms with E-state index in [0.717, 1.165) is 19.3 Å². The zero-order chi connectivity index (χ0) is 11.8. The van der Waals surface area contributed by atoms with E-state index >= 15 is 0 Å². The minimum atomic E-state index is -0.780. The van der Waals surface area contributed by atoms with Crippen molar-refractivity contribution >= 4 is 11.8 Å². The molecule has 6 heteroatoms. The molecule has 1 aliphatic heterocycles. The molecule has 2 N–H and O–H groups in total. The van der Waals surface area contributed by atoms with Gasteiger partial charge in [-0.05, 0) is 19.3 Å². The maximum Gasteiger partial charge on any atom is 0.310 e. The molecular formula is C10H15N3O3. The Balaban J connectivity index is 2.18. The lowest BCUT2D eigenvalue weighted by Crippen LogP contribution is -2.43. The van der Waals surface area contributed by atoms with E-state index in [1.165, 1.54) is 0 Å². The molecule has 88 valence electrons. The Bertz CT molecular complexity index is 292. The van der Waals surface area contributed by atoms with Gasteiger partial charge in [0, 0.05) is 13.2 Å². The maximum atomic E-state index is 11.2. The van der Waals surface area contributed by atoms with Gasteiger partial charge in [-0.2, -0.15) is 5.26 Å². The van der Waals surface area contributed by atoms with E-state index in [-0.39, 0.29) is 12.6 Å². The fraction of sp³-hybridized carbons (Fsp3) is 0.700. The highest BCUT2D eigenvalue weighted by Gasteiger charge is 2.17. The Labute approximate surface area is 93.9 Å². The molecular weight excluding hydrogens is 210 g/mol. The third-order valence-electron chi connectivity index (χ3n) is 2.30. The van der Waals surface area contributed by atoms with Gasteiger partial charge in [0.2, 0.25) is 0 Å². The van der Waals surface area contributed by atoms with E-state index in [1.54, 1.807) is 6.07 Å². The lowest BCUT2D eigenvalue weighted by Gasteiger charge is -2.22. The van der Waals surface area contributed by atoms with Gasteiger partial charge in [0.1, 0.15) is 6.54 Å². The highest BCUT2D eigenvalue weighted by Crippen LogP contribution is 2.11. The molecule has 1 aliphatic rings. The van der Waals surface area contributed by atoms with Crippen molar-refractivity contribution in [3.63, 3.8) is 0 Å².